The van der Waals surface area contributed by atoms with E-state index in [0.717, 1.165) is 21.3 Å². The van der Waals surface area contributed by atoms with E-state index >= 15 is 0 Å². The van der Waals surface area contributed by atoms with Crippen molar-refractivity contribution in [1.29, 1.82) is 0 Å². The lowest BCUT2D eigenvalue weighted by atomic mass is 10.0. The number of anilines is 1. The molecule has 1 amide bonds. The normalized spacial score (nSPS) is 14.2. The van der Waals surface area contributed by atoms with E-state index in [1.807, 2.05) is 18.2 Å². The molecule has 0 aromatic heterocycles. The highest BCUT2D eigenvalue weighted by molar-refractivity contribution is 9.10. The summed E-state index contributed by atoms with van der Waals surface area (Å²) in [6, 6.07) is 10.6. The Morgan fingerprint density at radius 2 is 2.04 bits per heavy atom. The van der Waals surface area contributed by atoms with Crippen molar-refractivity contribution in [2.75, 3.05) is 19.0 Å². The Bertz CT molecular complexity index is 891. The Kier molecular flexibility index (Phi) is 4.76. The number of carboxylic acids is 1. The van der Waals surface area contributed by atoms with Gasteiger partial charge in [0.15, 0.2) is 18.1 Å². The molecule has 1 heterocycles. The van der Waals surface area contributed by atoms with Gasteiger partial charge in [0.05, 0.1) is 7.11 Å². The fourth-order valence-electron chi connectivity index (χ4n) is 2.50. The summed E-state index contributed by atoms with van der Waals surface area (Å²) in [6.45, 7) is -0.458. The van der Waals surface area contributed by atoms with Gasteiger partial charge in [0, 0.05) is 21.3 Å². The smallest absolute Gasteiger partial charge is 0.341 e. The van der Waals surface area contributed by atoms with Crippen molar-refractivity contribution in [2.45, 2.75) is 0 Å². The van der Waals surface area contributed by atoms with Crippen LogP contribution in [0.4, 0.5) is 5.69 Å². The number of nitrogens with one attached hydrogen (secondary N) is 1. The van der Waals surface area contributed by atoms with E-state index in [0.29, 0.717) is 17.1 Å². The number of methoxy groups -OCH3 is 1. The van der Waals surface area contributed by atoms with E-state index in [4.69, 9.17) is 14.6 Å². The van der Waals surface area contributed by atoms with Gasteiger partial charge in [0.1, 0.15) is 0 Å². The number of ether oxygens (including phenoxy) is 2. The number of carboxylic acid groups (broad SMARTS) is 1. The van der Waals surface area contributed by atoms with Gasteiger partial charge in [-0.15, -0.1) is 0 Å². The van der Waals surface area contributed by atoms with Gasteiger partial charge in [-0.25, -0.2) is 4.79 Å². The molecular weight excluding hydrogens is 390 g/mol. The van der Waals surface area contributed by atoms with E-state index in [2.05, 4.69) is 21.2 Å². The van der Waals surface area contributed by atoms with Gasteiger partial charge < -0.3 is 19.9 Å². The molecule has 1 aliphatic heterocycles. The van der Waals surface area contributed by atoms with Gasteiger partial charge in [0.2, 0.25) is 0 Å². The molecule has 0 unspecified atom stereocenters. The predicted molar refractivity (Wildman–Crippen MR) is 96.8 cm³/mol. The summed E-state index contributed by atoms with van der Waals surface area (Å²) in [7, 11) is 1.47. The van der Waals surface area contributed by atoms with Gasteiger partial charge in [-0.05, 0) is 42.0 Å². The molecule has 128 valence electrons. The summed E-state index contributed by atoms with van der Waals surface area (Å²) in [4.78, 5) is 22.9. The van der Waals surface area contributed by atoms with Gasteiger partial charge in [-0.3, -0.25) is 4.79 Å². The van der Waals surface area contributed by atoms with Crippen LogP contribution in [0.5, 0.6) is 11.5 Å². The lowest BCUT2D eigenvalue weighted by Crippen LogP contribution is -2.10. The van der Waals surface area contributed by atoms with Crippen LogP contribution in [0.15, 0.2) is 40.9 Å². The molecule has 0 bridgehead atoms. The second kappa shape index (κ2) is 6.98. The monoisotopic (exact) mass is 403 g/mol. The largest absolute Gasteiger partial charge is 0.493 e. The third-order valence-corrected chi connectivity index (χ3v) is 4.11. The quantitative estimate of drug-likeness (QED) is 0.747. The average Bonchev–Trinajstić information content (AvgIpc) is 2.88. The van der Waals surface area contributed by atoms with E-state index in [1.165, 1.54) is 7.11 Å². The molecule has 1 aliphatic rings. The van der Waals surface area contributed by atoms with Crippen LogP contribution in [0.3, 0.4) is 0 Å². The summed E-state index contributed by atoms with van der Waals surface area (Å²) < 4.78 is 11.3. The first-order valence-corrected chi connectivity index (χ1v) is 8.13. The molecule has 0 spiro atoms. The van der Waals surface area contributed by atoms with Crippen molar-refractivity contribution in [3.63, 3.8) is 0 Å². The second-order valence-electron chi connectivity index (χ2n) is 5.29. The fraction of sp³-hybridized carbons (Fsp3) is 0.111. The molecule has 0 fully saturated rings. The van der Waals surface area contributed by atoms with Crippen molar-refractivity contribution in [3.05, 3.63) is 52.0 Å². The van der Waals surface area contributed by atoms with Crippen LogP contribution < -0.4 is 14.8 Å². The molecule has 0 atom stereocenters. The highest BCUT2D eigenvalue weighted by atomic mass is 79.9. The van der Waals surface area contributed by atoms with E-state index in [1.54, 1.807) is 24.3 Å². The number of carbonyl (C=O) groups is 2. The first-order valence-electron chi connectivity index (χ1n) is 7.33. The highest BCUT2D eigenvalue weighted by Crippen LogP contribution is 2.36. The minimum absolute atomic E-state index is 0.182. The Labute approximate surface area is 152 Å². The van der Waals surface area contributed by atoms with E-state index < -0.39 is 12.6 Å². The maximum atomic E-state index is 12.2. The molecule has 25 heavy (non-hydrogen) atoms. The van der Waals surface area contributed by atoms with Crippen molar-refractivity contribution in [1.82, 2.24) is 0 Å². The number of aliphatic carboxylic acids is 1. The van der Waals surface area contributed by atoms with Crippen LogP contribution in [0.25, 0.3) is 11.6 Å². The minimum Gasteiger partial charge on any atom is -0.493 e. The first-order chi connectivity index (χ1) is 12.0. The van der Waals surface area contributed by atoms with Crippen molar-refractivity contribution >= 4 is 45.1 Å². The lowest BCUT2D eigenvalue weighted by Gasteiger charge is -2.10. The highest BCUT2D eigenvalue weighted by Gasteiger charge is 2.24. The molecule has 2 aromatic rings. The molecule has 2 N–H and O–H groups in total. The van der Waals surface area contributed by atoms with Crippen LogP contribution in [0.1, 0.15) is 11.1 Å². The molecule has 2 aromatic carbocycles. The molecule has 0 saturated carbocycles. The third-order valence-electron chi connectivity index (χ3n) is 3.61. The number of carbonyl (C=O) groups excluding carboxylic acids is 1. The zero-order valence-corrected chi connectivity index (χ0v) is 14.8. The Hall–Kier alpha value is -2.80. The van der Waals surface area contributed by atoms with Crippen molar-refractivity contribution in [3.8, 4) is 11.5 Å². The molecule has 7 heteroatoms. The molecule has 3 rings (SSSR count). The average molecular weight is 404 g/mol. The van der Waals surface area contributed by atoms with Gasteiger partial charge >= 0.3 is 5.97 Å². The maximum absolute atomic E-state index is 12.2. The first kappa shape index (κ1) is 17.0. The molecule has 6 nitrogen and oxygen atoms in total. The van der Waals surface area contributed by atoms with Crippen LogP contribution in [-0.4, -0.2) is 30.7 Å². The summed E-state index contributed by atoms with van der Waals surface area (Å²) in [5.74, 6) is -0.536. The summed E-state index contributed by atoms with van der Waals surface area (Å²) in [5, 5.41) is 11.5. The van der Waals surface area contributed by atoms with Crippen LogP contribution >= 0.6 is 15.9 Å². The topological polar surface area (TPSA) is 84.9 Å². The Morgan fingerprint density at radius 1 is 1.24 bits per heavy atom. The zero-order valence-electron chi connectivity index (χ0n) is 13.2. The van der Waals surface area contributed by atoms with Gasteiger partial charge in [-0.2, -0.15) is 0 Å². The minimum atomic E-state index is -1.07. The molecular formula is C18H14BrNO5. The number of hydrogen-bond acceptors (Lipinski definition) is 4. The van der Waals surface area contributed by atoms with Crippen molar-refractivity contribution < 1.29 is 24.2 Å². The van der Waals surface area contributed by atoms with E-state index in [9.17, 15) is 9.59 Å². The maximum Gasteiger partial charge on any atom is 0.341 e. The standard InChI is InChI=1S/C18H14BrNO5/c1-24-16-7-10(2-5-15(16)25-9-17(21)22)6-13-12-8-11(19)3-4-14(12)20-18(13)23/h2-8H,9H2,1H3,(H,20,23)(H,21,22)/b13-6+. The summed E-state index contributed by atoms with van der Waals surface area (Å²) in [5.41, 5.74) is 2.84. The molecule has 0 saturated heterocycles. The SMILES string of the molecule is COc1cc(/C=C2/C(=O)Nc3ccc(Br)cc32)ccc1OCC(=O)O. The zero-order chi connectivity index (χ0) is 18.0. The van der Waals surface area contributed by atoms with Crippen LogP contribution in [-0.2, 0) is 9.59 Å². The van der Waals surface area contributed by atoms with E-state index in [-0.39, 0.29) is 5.91 Å². The molecule has 0 aliphatic carbocycles. The number of amides is 1. The second-order valence-corrected chi connectivity index (χ2v) is 6.21. The van der Waals surface area contributed by atoms with Gasteiger partial charge in [-0.1, -0.05) is 22.0 Å². The Morgan fingerprint density at radius 3 is 2.76 bits per heavy atom. The number of benzene rings is 2. The third kappa shape index (κ3) is 3.66. The lowest BCUT2D eigenvalue weighted by molar-refractivity contribution is -0.139. The number of hydrogen-bond donors (Lipinski definition) is 2. The fourth-order valence-corrected chi connectivity index (χ4v) is 2.86. The van der Waals surface area contributed by atoms with Crippen molar-refractivity contribution in [2.24, 2.45) is 0 Å². The summed E-state index contributed by atoms with van der Waals surface area (Å²) >= 11 is 3.41. The number of halogens is 1. The molecule has 0 radical (unpaired) electrons. The number of fused-ring (bicyclic) bond motifs is 1. The number of rotatable bonds is 5. The van der Waals surface area contributed by atoms with Crippen LogP contribution in [0, 0.1) is 0 Å². The van der Waals surface area contributed by atoms with Gasteiger partial charge in [0.25, 0.3) is 5.91 Å². The summed E-state index contributed by atoms with van der Waals surface area (Å²) in [6.07, 6.45) is 1.75. The predicted octanol–water partition coefficient (Wildman–Crippen LogP) is 3.41. The Balaban J connectivity index is 1.95. The van der Waals surface area contributed by atoms with Crippen LogP contribution in [0.2, 0.25) is 0 Å².